The lowest BCUT2D eigenvalue weighted by Gasteiger charge is -2.30. The van der Waals surface area contributed by atoms with Crippen LogP contribution < -0.4 is 4.90 Å². The van der Waals surface area contributed by atoms with Crippen LogP contribution in [0.3, 0.4) is 0 Å². The van der Waals surface area contributed by atoms with Crippen molar-refractivity contribution < 1.29 is 14.5 Å². The van der Waals surface area contributed by atoms with Gasteiger partial charge in [-0.15, -0.1) is 0 Å². The van der Waals surface area contributed by atoms with E-state index in [0.717, 1.165) is 24.8 Å². The van der Waals surface area contributed by atoms with Gasteiger partial charge in [-0.05, 0) is 45.8 Å². The van der Waals surface area contributed by atoms with E-state index in [1.165, 1.54) is 6.92 Å². The Balaban J connectivity index is 3.16. The van der Waals surface area contributed by atoms with Crippen LogP contribution >= 0.6 is 0 Å². The average molecular weight is 262 g/mol. The zero-order valence-electron chi connectivity index (χ0n) is 12.4. The zero-order valence-corrected chi connectivity index (χ0v) is 12.4. The molecule has 0 saturated carbocycles. The molecule has 0 bridgehead atoms. The Labute approximate surface area is 115 Å². The molecule has 0 aromatic carbocycles. The van der Waals surface area contributed by atoms with Crippen LogP contribution in [-0.2, 0) is 9.59 Å². The molecule has 0 aromatic rings. The molecule has 104 valence electrons. The van der Waals surface area contributed by atoms with Crippen LogP contribution in [0.25, 0.3) is 0 Å². The van der Waals surface area contributed by atoms with Gasteiger partial charge in [0.15, 0.2) is 5.78 Å². The number of carbonyl (C=O) groups excluding carboxylic acids is 2. The Kier molecular flexibility index (Phi) is 5.01. The minimum atomic E-state index is -0.184. The van der Waals surface area contributed by atoms with Gasteiger partial charge in [-0.25, -0.2) is 9.69 Å². The van der Waals surface area contributed by atoms with Crippen molar-refractivity contribution in [1.82, 2.24) is 0 Å². The lowest BCUT2D eigenvalue weighted by Crippen LogP contribution is -3.17. The predicted octanol–water partition coefficient (Wildman–Crippen LogP) is 1.97. The first-order valence-electron chi connectivity index (χ1n) is 6.85. The van der Waals surface area contributed by atoms with E-state index in [0.29, 0.717) is 16.2 Å². The molecule has 0 radical (unpaired) electrons. The van der Waals surface area contributed by atoms with Crippen LogP contribution in [0.1, 0.15) is 47.0 Å². The van der Waals surface area contributed by atoms with E-state index >= 15 is 0 Å². The molecule has 1 amide bonds. The number of quaternary nitrogens is 1. The summed E-state index contributed by atoms with van der Waals surface area (Å²) < 4.78 is 0. The van der Waals surface area contributed by atoms with Crippen LogP contribution in [-0.4, -0.2) is 17.7 Å². The highest BCUT2D eigenvalue weighted by molar-refractivity contribution is 6.17. The molecule has 0 fully saturated rings. The molecule has 3 heteroatoms. The predicted molar refractivity (Wildman–Crippen MR) is 76.6 cm³/mol. The minimum absolute atomic E-state index is 0.124. The van der Waals surface area contributed by atoms with E-state index in [-0.39, 0.29) is 23.3 Å². The second-order valence-electron chi connectivity index (χ2n) is 5.30. The number of unbranched alkanes of at least 4 members (excludes halogenated alkanes) is 1. The summed E-state index contributed by atoms with van der Waals surface area (Å²) in [6.07, 6.45) is 3.09. The maximum absolute atomic E-state index is 12.5. The number of hydrogen-bond acceptors (Lipinski definition) is 2. The standard InChI is InChI=1S/C16H23NO2/c1-7-8-9-10(2)17-13(5)11(3)12(4)15(14(6)18)16(17)19/h10H,3,5,7-9H2,1-2,4,6H3/p+1. The number of amides is 1. The van der Waals surface area contributed by atoms with E-state index in [1.807, 2.05) is 6.92 Å². The van der Waals surface area contributed by atoms with Crippen molar-refractivity contribution in [2.24, 2.45) is 0 Å². The summed E-state index contributed by atoms with van der Waals surface area (Å²) in [7, 11) is 0. The number of ketones is 1. The fraction of sp³-hybridized carbons (Fsp3) is 0.500. The fourth-order valence-corrected chi connectivity index (χ4v) is 2.58. The Morgan fingerprint density at radius 3 is 2.42 bits per heavy atom. The van der Waals surface area contributed by atoms with Gasteiger partial charge < -0.3 is 0 Å². The maximum Gasteiger partial charge on any atom is 0.353 e. The Hall–Kier alpha value is -1.48. The summed E-state index contributed by atoms with van der Waals surface area (Å²) in [5, 5.41) is 0. The maximum atomic E-state index is 12.5. The van der Waals surface area contributed by atoms with Crippen molar-refractivity contribution in [1.29, 1.82) is 0 Å². The molecular weight excluding hydrogens is 238 g/mol. The lowest BCUT2D eigenvalue weighted by molar-refractivity contribution is -0.802. The summed E-state index contributed by atoms with van der Waals surface area (Å²) in [5.74, 6) is -0.331. The average Bonchev–Trinajstić information content (AvgIpc) is 2.33. The molecule has 3 nitrogen and oxygen atoms in total. The smallest absolute Gasteiger partial charge is 0.294 e. The Morgan fingerprint density at radius 1 is 1.37 bits per heavy atom. The van der Waals surface area contributed by atoms with Crippen LogP contribution in [0.4, 0.5) is 0 Å². The SMILES string of the molecule is C=C1C(=C)[NH+](C(C)CCCC)C(=O)C(C(C)=O)=C1C. The molecule has 1 aliphatic heterocycles. The number of rotatable bonds is 5. The van der Waals surface area contributed by atoms with Crippen LogP contribution in [0.5, 0.6) is 0 Å². The van der Waals surface area contributed by atoms with Crippen molar-refractivity contribution in [2.45, 2.75) is 53.0 Å². The van der Waals surface area contributed by atoms with Gasteiger partial charge in [0.05, 0.1) is 6.04 Å². The largest absolute Gasteiger partial charge is 0.353 e. The van der Waals surface area contributed by atoms with Gasteiger partial charge in [-0.3, -0.25) is 4.79 Å². The highest BCUT2D eigenvalue weighted by atomic mass is 16.2. The second-order valence-corrected chi connectivity index (χ2v) is 5.30. The normalized spacial score (nSPS) is 21.9. The topological polar surface area (TPSA) is 38.6 Å². The number of nitrogens with one attached hydrogen (secondary N) is 1. The third-order valence-electron chi connectivity index (χ3n) is 3.82. The van der Waals surface area contributed by atoms with Gasteiger partial charge in [0.2, 0.25) is 0 Å². The van der Waals surface area contributed by atoms with E-state index in [2.05, 4.69) is 20.1 Å². The quantitative estimate of drug-likeness (QED) is 0.769. The molecular formula is C16H24NO2+. The molecule has 1 heterocycles. The number of Topliss-reactive ketones (excluding diaryl/α,β-unsaturated/α-hetero) is 1. The first-order valence-corrected chi connectivity index (χ1v) is 6.85. The lowest BCUT2D eigenvalue weighted by atomic mass is 9.90. The first-order chi connectivity index (χ1) is 8.82. The van der Waals surface area contributed by atoms with Crippen molar-refractivity contribution >= 4 is 11.7 Å². The summed E-state index contributed by atoms with van der Waals surface area (Å²) >= 11 is 0. The van der Waals surface area contributed by atoms with E-state index in [1.54, 1.807) is 6.92 Å². The molecule has 1 rings (SSSR count). The molecule has 2 unspecified atom stereocenters. The molecule has 19 heavy (non-hydrogen) atoms. The Morgan fingerprint density at radius 2 is 1.95 bits per heavy atom. The van der Waals surface area contributed by atoms with Crippen molar-refractivity contribution in [3.05, 3.63) is 35.6 Å². The van der Waals surface area contributed by atoms with Gasteiger partial charge in [0.1, 0.15) is 11.3 Å². The van der Waals surface area contributed by atoms with Gasteiger partial charge in [0.25, 0.3) is 0 Å². The van der Waals surface area contributed by atoms with Gasteiger partial charge in [-0.1, -0.05) is 19.9 Å². The molecule has 2 atom stereocenters. The first kappa shape index (κ1) is 15.6. The van der Waals surface area contributed by atoms with Crippen molar-refractivity contribution in [3.63, 3.8) is 0 Å². The summed E-state index contributed by atoms with van der Waals surface area (Å²) in [4.78, 5) is 24.9. The van der Waals surface area contributed by atoms with Crippen molar-refractivity contribution in [2.75, 3.05) is 0 Å². The molecule has 0 saturated heterocycles. The third-order valence-corrected chi connectivity index (χ3v) is 3.82. The van der Waals surface area contributed by atoms with Gasteiger partial charge in [0, 0.05) is 5.57 Å². The zero-order chi connectivity index (χ0) is 14.7. The van der Waals surface area contributed by atoms with Crippen LogP contribution in [0.2, 0.25) is 0 Å². The molecule has 1 aliphatic rings. The number of hydrogen-bond donors (Lipinski definition) is 1. The Bertz CT molecular complexity index is 471. The molecule has 1 N–H and O–H groups in total. The van der Waals surface area contributed by atoms with E-state index < -0.39 is 0 Å². The van der Waals surface area contributed by atoms with E-state index in [4.69, 9.17) is 0 Å². The van der Waals surface area contributed by atoms with Crippen LogP contribution in [0, 0.1) is 0 Å². The highest BCUT2D eigenvalue weighted by Crippen LogP contribution is 2.21. The summed E-state index contributed by atoms with van der Waals surface area (Å²) in [6, 6.07) is 0.124. The second kappa shape index (κ2) is 6.11. The fourth-order valence-electron chi connectivity index (χ4n) is 2.58. The summed E-state index contributed by atoms with van der Waals surface area (Å²) in [6.45, 7) is 15.3. The number of carbonyl (C=O) groups is 2. The molecule has 0 spiro atoms. The number of allylic oxidation sites excluding steroid dienone is 1. The highest BCUT2D eigenvalue weighted by Gasteiger charge is 2.40. The summed E-state index contributed by atoms with van der Waals surface area (Å²) in [5.41, 5.74) is 2.39. The van der Waals surface area contributed by atoms with E-state index in [9.17, 15) is 9.59 Å². The third kappa shape index (κ3) is 2.92. The molecule has 0 aliphatic carbocycles. The van der Waals surface area contributed by atoms with Gasteiger partial charge >= 0.3 is 5.91 Å². The monoisotopic (exact) mass is 262 g/mol. The molecule has 0 aromatic heterocycles. The van der Waals surface area contributed by atoms with Crippen LogP contribution in [0.15, 0.2) is 35.6 Å². The minimum Gasteiger partial charge on any atom is -0.294 e. The van der Waals surface area contributed by atoms with Gasteiger partial charge in [-0.2, -0.15) is 0 Å². The van der Waals surface area contributed by atoms with Crippen molar-refractivity contribution in [3.8, 4) is 0 Å².